The lowest BCUT2D eigenvalue weighted by molar-refractivity contribution is -0.135. The molecule has 14 rings (SSSR count). The van der Waals surface area contributed by atoms with Crippen LogP contribution in [0.3, 0.4) is 0 Å². The van der Waals surface area contributed by atoms with E-state index >= 15 is 0 Å². The third-order valence-electron chi connectivity index (χ3n) is 13.0. The van der Waals surface area contributed by atoms with Crippen molar-refractivity contribution in [2.75, 3.05) is 21.3 Å². The average molecular weight is 1810 g/mol. The second-order valence-corrected chi connectivity index (χ2v) is 21.0. The van der Waals surface area contributed by atoms with Crippen LogP contribution in [0.15, 0.2) is 400 Å². The second kappa shape index (κ2) is 136. The van der Waals surface area contributed by atoms with E-state index in [9.17, 15) is 4.79 Å². The third kappa shape index (κ3) is 104. The van der Waals surface area contributed by atoms with Crippen molar-refractivity contribution in [3.8, 4) is 28.0 Å². The number of para-hydroxylation sites is 1. The maximum Gasteiger partial charge on any atom is 0.335 e. The number of benzene rings is 14. The number of carbonyl (C=O) groups is 4. The van der Waals surface area contributed by atoms with Gasteiger partial charge in [-0.1, -0.05) is 570 Å². The second-order valence-electron chi connectivity index (χ2n) is 21.0. The Morgan fingerprint density at radius 1 is 0.174 bits per heavy atom. The van der Waals surface area contributed by atoms with Gasteiger partial charge in [0, 0.05) is 42.1 Å². The number of aromatic carboxylic acids is 1. The van der Waals surface area contributed by atoms with Crippen molar-refractivity contribution < 1.29 is 60.0 Å². The average Bonchev–Trinajstić information content (AvgIpc) is 0.952. The highest BCUT2D eigenvalue weighted by atomic mass is 16.4. The normalized spacial score (nSPS) is 7.61. The first-order valence-electron chi connectivity index (χ1n) is 46.9. The summed E-state index contributed by atoms with van der Waals surface area (Å²) in [6.45, 7) is 59.3. The van der Waals surface area contributed by atoms with Gasteiger partial charge in [-0.3, -0.25) is 14.4 Å². The molecule has 0 heterocycles. The predicted molar refractivity (Wildman–Crippen MR) is 588 cm³/mol. The SMILES string of the molecule is CC.CC.CC.CC.CC.CC.CC.CC.CC.CC.CC.CC.CC.CC.CC(=O)O.CC(=O)O.CC(=O)O.CO.CO.CO.O=C(O)c1ccccc1.Oc1ccccc1.c1ccc(-c2ccccc2)cc1.c1ccc(-c2ccccc2)cc1.c1ccc(Cc2ccccc2)cc1.c1ccc(Cc2ccccc2)cc1.c1ccc2ccccc2c1.c1ccc2ccccc2c1. The summed E-state index contributed by atoms with van der Waals surface area (Å²) < 4.78 is 0. The fourth-order valence-corrected chi connectivity index (χ4v) is 8.65. The van der Waals surface area contributed by atoms with Gasteiger partial charge in [-0.2, -0.15) is 0 Å². The van der Waals surface area contributed by atoms with Crippen molar-refractivity contribution in [1.29, 1.82) is 0 Å². The molecule has 0 fully saturated rings. The molecule has 0 aliphatic rings. The van der Waals surface area contributed by atoms with Crippen LogP contribution in [0.2, 0.25) is 0 Å². The van der Waals surface area contributed by atoms with E-state index in [1.807, 2.05) is 224 Å². The number of aliphatic hydroxyl groups excluding tert-OH is 3. The predicted octanol–water partition coefficient (Wildman–Crippen LogP) is 35.2. The summed E-state index contributed by atoms with van der Waals surface area (Å²) in [6.07, 6.45) is 2.06. The van der Waals surface area contributed by atoms with Crippen LogP contribution < -0.4 is 0 Å². The quantitative estimate of drug-likeness (QED) is 0.0745. The van der Waals surface area contributed by atoms with E-state index in [-0.39, 0.29) is 0 Å². The number of aliphatic hydroxyl groups is 3. The Bertz CT molecular complexity index is 3790. The summed E-state index contributed by atoms with van der Waals surface area (Å²) in [6, 6.07) is 134. The molecule has 0 atom stereocenters. The molecule has 14 aromatic carbocycles. The lowest BCUT2D eigenvalue weighted by atomic mass is 10.1. The topological polar surface area (TPSA) is 230 Å². The molecule has 0 saturated carbocycles. The van der Waals surface area contributed by atoms with E-state index < -0.39 is 23.9 Å². The Morgan fingerprint density at radius 3 is 0.386 bits per heavy atom. The van der Waals surface area contributed by atoms with Crippen molar-refractivity contribution in [2.24, 2.45) is 0 Å². The van der Waals surface area contributed by atoms with Gasteiger partial charge in [-0.05, 0) is 103 Å². The number of aliphatic carboxylic acids is 3. The van der Waals surface area contributed by atoms with Gasteiger partial charge < -0.3 is 40.9 Å². The molecule has 0 aliphatic heterocycles. The lowest BCUT2D eigenvalue weighted by Crippen LogP contribution is -1.93. The van der Waals surface area contributed by atoms with Gasteiger partial charge in [0.2, 0.25) is 0 Å². The monoisotopic (exact) mass is 1810 g/mol. The zero-order chi connectivity index (χ0) is 104. The zero-order valence-corrected chi connectivity index (χ0v) is 87.7. The highest BCUT2D eigenvalue weighted by Crippen LogP contribution is 2.19. The van der Waals surface area contributed by atoms with Crippen LogP contribution in [0.5, 0.6) is 5.75 Å². The minimum atomic E-state index is -0.879. The first-order chi connectivity index (χ1) is 64.7. The van der Waals surface area contributed by atoms with E-state index in [1.54, 1.807) is 54.6 Å². The summed E-state index contributed by atoms with van der Waals surface area (Å²) in [5, 5.41) is 65.5. The molecule has 0 spiro atoms. The molecule has 12 nitrogen and oxygen atoms in total. The highest BCUT2D eigenvalue weighted by Gasteiger charge is 1.98. The summed E-state index contributed by atoms with van der Waals surface area (Å²) in [4.78, 5) is 37.2. The van der Waals surface area contributed by atoms with Crippen LogP contribution in [-0.4, -0.2) is 86.1 Å². The molecule has 0 saturated heterocycles. The molecule has 132 heavy (non-hydrogen) atoms. The number of hydrogen-bond donors (Lipinski definition) is 8. The number of aromatic hydroxyl groups is 1. The summed E-state index contributed by atoms with van der Waals surface area (Å²) in [5.74, 6) is -3.06. The molecule has 0 unspecified atom stereocenters. The Labute approximate surface area is 805 Å². The van der Waals surface area contributed by atoms with Crippen LogP contribution in [0.1, 0.15) is 247 Å². The minimum absolute atomic E-state index is 0.322. The number of carboxylic acids is 4. The van der Waals surface area contributed by atoms with Gasteiger partial charge in [0.05, 0.1) is 5.56 Å². The van der Waals surface area contributed by atoms with Crippen molar-refractivity contribution in [1.82, 2.24) is 0 Å². The number of fused-ring (bicyclic) bond motifs is 2. The lowest BCUT2D eigenvalue weighted by Gasteiger charge is -2.00. The molecule has 0 radical (unpaired) electrons. The van der Waals surface area contributed by atoms with E-state index in [0.29, 0.717) is 11.3 Å². The maximum atomic E-state index is 10.2. The third-order valence-corrected chi connectivity index (χ3v) is 13.0. The van der Waals surface area contributed by atoms with Crippen LogP contribution >= 0.6 is 0 Å². The largest absolute Gasteiger partial charge is 0.508 e. The van der Waals surface area contributed by atoms with E-state index in [2.05, 4.69) is 315 Å². The Morgan fingerprint density at radius 2 is 0.280 bits per heavy atom. The van der Waals surface area contributed by atoms with Gasteiger partial charge in [-0.25, -0.2) is 4.79 Å². The number of hydrogen-bond acceptors (Lipinski definition) is 8. The number of phenols is 1. The van der Waals surface area contributed by atoms with Crippen LogP contribution in [0.4, 0.5) is 0 Å². The van der Waals surface area contributed by atoms with Gasteiger partial charge in [-0.15, -0.1) is 0 Å². The fourth-order valence-electron chi connectivity index (χ4n) is 8.65. The number of phenolic OH excluding ortho intramolecular Hbond substituents is 1. The molecule has 732 valence electrons. The molecule has 0 aromatic heterocycles. The molecule has 12 heteroatoms. The molecular weight excluding hydrogens is 1630 g/mol. The minimum Gasteiger partial charge on any atom is -0.508 e. The Hall–Kier alpha value is -12.8. The van der Waals surface area contributed by atoms with Crippen molar-refractivity contribution in [2.45, 2.75) is 227 Å². The molecule has 0 bridgehead atoms. The zero-order valence-electron chi connectivity index (χ0n) is 87.7. The first kappa shape index (κ1) is 150. The summed E-state index contributed by atoms with van der Waals surface area (Å²) >= 11 is 0. The van der Waals surface area contributed by atoms with Crippen LogP contribution in [0.25, 0.3) is 43.8 Å². The standard InChI is InChI=1S/2C13H12.2C12H10.2C10H8.C7H6O2.C6H6O.3C2H4O2.14C2H6.3CH4O/c2*1-3-7-12(8-4-1)11-13-9-5-2-6-10-13;2*1-3-7-11(8-4-1)12-9-5-2-6-10-12;2*1-2-6-10-8-4-3-7-9(10)5-1;8-7(9)6-4-2-1-3-5-6;7-6-4-2-1-3-5-6;3*1-2(3)4;17*1-2/h2*1-10H,11H2;2*1-10H;2*1-8H;1-5H,(H,8,9);1-5,7H;3*1H3,(H,3,4);14*1-2H3;3*2H,1H3. The molecule has 14 aromatic rings. The van der Waals surface area contributed by atoms with E-state index in [0.717, 1.165) is 54.9 Å². The summed E-state index contributed by atoms with van der Waals surface area (Å²) in [5.41, 5.74) is 10.9. The Balaban J connectivity index is -0.0000000946. The van der Waals surface area contributed by atoms with Gasteiger partial charge >= 0.3 is 5.97 Å². The first-order valence-corrected chi connectivity index (χ1v) is 46.9. The molecule has 8 N–H and O–H groups in total. The van der Waals surface area contributed by atoms with Crippen LogP contribution in [0, 0.1) is 0 Å². The van der Waals surface area contributed by atoms with Crippen molar-refractivity contribution in [3.63, 3.8) is 0 Å². The molecular formula is C120H180O12. The van der Waals surface area contributed by atoms with Crippen molar-refractivity contribution in [3.05, 3.63) is 428 Å². The number of rotatable bonds is 7. The van der Waals surface area contributed by atoms with Crippen LogP contribution in [-0.2, 0) is 27.2 Å². The van der Waals surface area contributed by atoms with Gasteiger partial charge in [0.25, 0.3) is 17.9 Å². The van der Waals surface area contributed by atoms with Gasteiger partial charge in [0.15, 0.2) is 0 Å². The summed E-state index contributed by atoms with van der Waals surface area (Å²) in [7, 11) is 3.00. The maximum absolute atomic E-state index is 10.2. The van der Waals surface area contributed by atoms with Crippen molar-refractivity contribution >= 4 is 45.4 Å². The van der Waals surface area contributed by atoms with E-state index in [4.69, 9.17) is 55.2 Å². The van der Waals surface area contributed by atoms with Gasteiger partial charge in [0.1, 0.15) is 5.75 Å². The smallest absolute Gasteiger partial charge is 0.335 e. The molecule has 0 aliphatic carbocycles. The number of carboxylic acid groups (broad SMARTS) is 4. The fraction of sp³-hybridized carbons (Fsp3) is 0.300. The Kier molecular flexibility index (Phi) is 155. The molecule has 0 amide bonds. The van der Waals surface area contributed by atoms with E-state index in [1.165, 1.54) is 66.1 Å². The highest BCUT2D eigenvalue weighted by molar-refractivity contribution is 5.87.